The van der Waals surface area contributed by atoms with Crippen molar-refractivity contribution in [3.63, 3.8) is 0 Å². The lowest BCUT2D eigenvalue weighted by Crippen LogP contribution is -2.28. The Labute approximate surface area is 149 Å². The van der Waals surface area contributed by atoms with Crippen LogP contribution in [0, 0.1) is 5.41 Å². The van der Waals surface area contributed by atoms with Crippen molar-refractivity contribution in [1.82, 2.24) is 14.8 Å². The van der Waals surface area contributed by atoms with E-state index in [4.69, 9.17) is 9.47 Å². The van der Waals surface area contributed by atoms with Crippen molar-refractivity contribution in [2.45, 2.75) is 41.0 Å². The van der Waals surface area contributed by atoms with Crippen LogP contribution in [0.2, 0.25) is 0 Å². The SMILES string of the molecule is CCOCCOc1nc(-c2ccc(CC)cc2)n(C(=O)C(C)(C)C)n1. The van der Waals surface area contributed by atoms with Crippen LogP contribution >= 0.6 is 0 Å². The average Bonchev–Trinajstić information content (AvgIpc) is 3.01. The van der Waals surface area contributed by atoms with Crippen LogP contribution < -0.4 is 4.74 Å². The largest absolute Gasteiger partial charge is 0.460 e. The van der Waals surface area contributed by atoms with Gasteiger partial charge in [-0.1, -0.05) is 52.0 Å². The van der Waals surface area contributed by atoms with Crippen LogP contribution in [0.4, 0.5) is 0 Å². The number of aryl methyl sites for hydroxylation is 1. The third kappa shape index (κ3) is 4.89. The van der Waals surface area contributed by atoms with Crippen LogP contribution in [0.3, 0.4) is 0 Å². The van der Waals surface area contributed by atoms with Crippen LogP contribution in [0.5, 0.6) is 6.01 Å². The van der Waals surface area contributed by atoms with E-state index in [0.717, 1.165) is 12.0 Å². The fourth-order valence-corrected chi connectivity index (χ4v) is 2.23. The summed E-state index contributed by atoms with van der Waals surface area (Å²) in [5.74, 6) is 0.364. The summed E-state index contributed by atoms with van der Waals surface area (Å²) in [5, 5.41) is 4.27. The van der Waals surface area contributed by atoms with Gasteiger partial charge in [-0.3, -0.25) is 4.79 Å². The van der Waals surface area contributed by atoms with Crippen molar-refractivity contribution in [1.29, 1.82) is 0 Å². The molecule has 0 aliphatic heterocycles. The normalized spacial score (nSPS) is 11.6. The van der Waals surface area contributed by atoms with E-state index in [9.17, 15) is 4.79 Å². The number of hydrogen-bond acceptors (Lipinski definition) is 5. The van der Waals surface area contributed by atoms with Crippen molar-refractivity contribution >= 4 is 5.91 Å². The first-order chi connectivity index (χ1) is 11.9. The molecule has 0 radical (unpaired) electrons. The van der Waals surface area contributed by atoms with Crippen molar-refractivity contribution in [2.75, 3.05) is 19.8 Å². The van der Waals surface area contributed by atoms with Crippen molar-refractivity contribution < 1.29 is 14.3 Å². The van der Waals surface area contributed by atoms with Gasteiger partial charge in [-0.2, -0.15) is 9.67 Å². The molecule has 0 spiro atoms. The highest BCUT2D eigenvalue weighted by Crippen LogP contribution is 2.25. The molecule has 0 saturated heterocycles. The number of aromatic nitrogens is 3. The van der Waals surface area contributed by atoms with Gasteiger partial charge in [-0.25, -0.2) is 0 Å². The summed E-state index contributed by atoms with van der Waals surface area (Å²) >= 11 is 0. The molecule has 0 saturated carbocycles. The van der Waals surface area contributed by atoms with Gasteiger partial charge in [0.05, 0.1) is 6.61 Å². The van der Waals surface area contributed by atoms with E-state index in [1.807, 2.05) is 52.0 Å². The van der Waals surface area contributed by atoms with Gasteiger partial charge in [0.25, 0.3) is 5.91 Å². The number of rotatable bonds is 7. The molecule has 136 valence electrons. The lowest BCUT2D eigenvalue weighted by atomic mass is 9.95. The van der Waals surface area contributed by atoms with E-state index in [1.165, 1.54) is 10.2 Å². The van der Waals surface area contributed by atoms with Gasteiger partial charge in [-0.15, -0.1) is 5.10 Å². The Morgan fingerprint density at radius 1 is 1.12 bits per heavy atom. The summed E-state index contributed by atoms with van der Waals surface area (Å²) in [5.41, 5.74) is 1.49. The van der Waals surface area contributed by atoms with E-state index >= 15 is 0 Å². The molecule has 1 heterocycles. The molecule has 0 N–H and O–H groups in total. The van der Waals surface area contributed by atoms with Gasteiger partial charge in [0.15, 0.2) is 5.82 Å². The van der Waals surface area contributed by atoms with Crippen molar-refractivity contribution in [2.24, 2.45) is 5.41 Å². The molecule has 0 fully saturated rings. The predicted molar refractivity (Wildman–Crippen MR) is 96.9 cm³/mol. The van der Waals surface area contributed by atoms with Crippen LogP contribution in [-0.2, 0) is 11.2 Å². The number of benzene rings is 1. The third-order valence-electron chi connectivity index (χ3n) is 3.71. The maximum Gasteiger partial charge on any atom is 0.336 e. The molecule has 0 unspecified atom stereocenters. The minimum absolute atomic E-state index is 0.130. The second-order valence-corrected chi connectivity index (χ2v) is 6.78. The summed E-state index contributed by atoms with van der Waals surface area (Å²) in [6, 6.07) is 8.17. The van der Waals surface area contributed by atoms with E-state index < -0.39 is 5.41 Å². The summed E-state index contributed by atoms with van der Waals surface area (Å²) in [4.78, 5) is 17.2. The van der Waals surface area contributed by atoms with Gasteiger partial charge >= 0.3 is 6.01 Å². The molecule has 0 atom stereocenters. The van der Waals surface area contributed by atoms with E-state index in [0.29, 0.717) is 25.6 Å². The molecular weight excluding hydrogens is 318 g/mol. The maximum atomic E-state index is 12.8. The standard InChI is InChI=1S/C19H27N3O3/c1-6-14-8-10-15(11-9-14)16-20-18(25-13-12-24-7-2)21-22(16)17(23)19(3,4)5/h8-11H,6-7,12-13H2,1-5H3. The molecule has 0 aliphatic carbocycles. The van der Waals surface area contributed by atoms with Gasteiger partial charge in [0, 0.05) is 17.6 Å². The van der Waals surface area contributed by atoms with E-state index in [-0.39, 0.29) is 11.9 Å². The molecule has 0 bridgehead atoms. The lowest BCUT2D eigenvalue weighted by Gasteiger charge is -2.16. The number of nitrogens with zero attached hydrogens (tertiary/aromatic N) is 3. The molecule has 0 aliphatic rings. The molecule has 1 aromatic carbocycles. The minimum atomic E-state index is -0.575. The van der Waals surface area contributed by atoms with Crippen LogP contribution in [-0.4, -0.2) is 40.5 Å². The molecule has 1 aromatic heterocycles. The van der Waals surface area contributed by atoms with Gasteiger partial charge in [-0.05, 0) is 18.9 Å². The summed E-state index contributed by atoms with van der Waals surface area (Å²) in [6.07, 6.45) is 0.958. The highest BCUT2D eigenvalue weighted by molar-refractivity contribution is 5.86. The molecule has 0 amide bonds. The Balaban J connectivity index is 2.33. The highest BCUT2D eigenvalue weighted by Gasteiger charge is 2.28. The Bertz CT molecular complexity index is 700. The Kier molecular flexibility index (Phi) is 6.31. The maximum absolute atomic E-state index is 12.8. The monoisotopic (exact) mass is 345 g/mol. The van der Waals surface area contributed by atoms with Crippen molar-refractivity contribution in [3.8, 4) is 17.4 Å². The Hall–Kier alpha value is -2.21. The first-order valence-electron chi connectivity index (χ1n) is 8.68. The highest BCUT2D eigenvalue weighted by atomic mass is 16.5. The minimum Gasteiger partial charge on any atom is -0.460 e. The van der Waals surface area contributed by atoms with Crippen molar-refractivity contribution in [3.05, 3.63) is 29.8 Å². The van der Waals surface area contributed by atoms with Crippen LogP contribution in [0.1, 0.15) is 45.0 Å². The number of ether oxygens (including phenoxy) is 2. The molecule has 6 heteroatoms. The molecule has 2 aromatic rings. The molecule has 25 heavy (non-hydrogen) atoms. The quantitative estimate of drug-likeness (QED) is 0.717. The summed E-state index contributed by atoms with van der Waals surface area (Å²) in [7, 11) is 0. The van der Waals surface area contributed by atoms with Crippen LogP contribution in [0.25, 0.3) is 11.4 Å². The zero-order valence-corrected chi connectivity index (χ0v) is 15.7. The zero-order valence-electron chi connectivity index (χ0n) is 15.7. The second-order valence-electron chi connectivity index (χ2n) is 6.78. The average molecular weight is 345 g/mol. The Morgan fingerprint density at radius 2 is 1.80 bits per heavy atom. The fourth-order valence-electron chi connectivity index (χ4n) is 2.23. The number of hydrogen-bond donors (Lipinski definition) is 0. The Morgan fingerprint density at radius 3 is 2.36 bits per heavy atom. The van der Waals surface area contributed by atoms with Gasteiger partial charge < -0.3 is 9.47 Å². The molecule has 6 nitrogen and oxygen atoms in total. The van der Waals surface area contributed by atoms with Gasteiger partial charge in [0.1, 0.15) is 6.61 Å². The predicted octanol–water partition coefficient (Wildman–Crippen LogP) is 3.61. The lowest BCUT2D eigenvalue weighted by molar-refractivity contribution is 0.0746. The number of carbonyl (C=O) groups excluding carboxylic acids is 1. The fraction of sp³-hybridized carbons (Fsp3) is 0.526. The zero-order chi connectivity index (χ0) is 18.4. The molecule has 2 rings (SSSR count). The smallest absolute Gasteiger partial charge is 0.336 e. The topological polar surface area (TPSA) is 66.2 Å². The van der Waals surface area contributed by atoms with E-state index in [2.05, 4.69) is 17.0 Å². The summed E-state index contributed by atoms with van der Waals surface area (Å²) in [6.45, 7) is 11.0. The first-order valence-corrected chi connectivity index (χ1v) is 8.68. The summed E-state index contributed by atoms with van der Waals surface area (Å²) < 4.78 is 12.1. The first kappa shape index (κ1) is 19.1. The van der Waals surface area contributed by atoms with Crippen LogP contribution in [0.15, 0.2) is 24.3 Å². The van der Waals surface area contributed by atoms with E-state index in [1.54, 1.807) is 0 Å². The molecular formula is C19H27N3O3. The van der Waals surface area contributed by atoms with Gasteiger partial charge in [0.2, 0.25) is 0 Å². The third-order valence-corrected chi connectivity index (χ3v) is 3.71. The number of carbonyl (C=O) groups is 1. The second kappa shape index (κ2) is 8.25.